The smallest absolute Gasteiger partial charge is 0.248 e. The molecule has 4 heteroatoms. The zero-order valence-electron chi connectivity index (χ0n) is 12.9. The third-order valence-corrected chi connectivity index (χ3v) is 3.93. The van der Waals surface area contributed by atoms with Gasteiger partial charge < -0.3 is 15.3 Å². The summed E-state index contributed by atoms with van der Waals surface area (Å²) in [4.78, 5) is 14.3. The van der Waals surface area contributed by atoms with Crippen molar-refractivity contribution in [2.75, 3.05) is 23.3 Å². The van der Waals surface area contributed by atoms with E-state index in [-0.39, 0.29) is 11.7 Å². The van der Waals surface area contributed by atoms with Crippen LogP contribution in [0.2, 0.25) is 0 Å². The number of phenolic OH excluding ortho intramolecular Hbond substituents is 1. The number of amides is 1. The number of nitrogens with zero attached hydrogens (tertiary/aromatic N) is 1. The first kappa shape index (κ1) is 15.2. The minimum absolute atomic E-state index is 0.174. The molecule has 1 amide bonds. The van der Waals surface area contributed by atoms with Gasteiger partial charge in [0.2, 0.25) is 5.91 Å². The molecule has 118 valence electrons. The number of hydrogen-bond acceptors (Lipinski definition) is 3. The van der Waals surface area contributed by atoms with E-state index >= 15 is 0 Å². The van der Waals surface area contributed by atoms with Crippen LogP contribution in [0.25, 0.3) is 6.08 Å². The van der Waals surface area contributed by atoms with Crippen molar-refractivity contribution in [3.63, 3.8) is 0 Å². The maximum Gasteiger partial charge on any atom is 0.248 e. The number of carbonyl (C=O) groups is 1. The Bertz CT molecular complexity index is 684. The fourth-order valence-corrected chi connectivity index (χ4v) is 2.67. The average molecular weight is 308 g/mol. The van der Waals surface area contributed by atoms with Crippen molar-refractivity contribution in [3.8, 4) is 5.75 Å². The lowest BCUT2D eigenvalue weighted by Gasteiger charge is -2.17. The lowest BCUT2D eigenvalue weighted by Crippen LogP contribution is -2.17. The maximum atomic E-state index is 11.9. The molecule has 0 bridgehead atoms. The van der Waals surface area contributed by atoms with Crippen LogP contribution in [0.1, 0.15) is 18.4 Å². The standard InChI is InChI=1S/C19H20N2O2/c22-18-10-3-15(4-11-18)5-12-19(23)20-16-6-8-17(9-7-16)21-13-1-2-14-21/h3-12,22H,1-2,13-14H2,(H,20,23)/b12-5+. The van der Waals surface area contributed by atoms with Crippen LogP contribution >= 0.6 is 0 Å². The highest BCUT2D eigenvalue weighted by molar-refractivity contribution is 6.02. The minimum Gasteiger partial charge on any atom is -0.508 e. The van der Waals surface area contributed by atoms with E-state index in [1.165, 1.54) is 24.6 Å². The predicted molar refractivity (Wildman–Crippen MR) is 93.7 cm³/mol. The molecule has 3 rings (SSSR count). The molecule has 2 aromatic carbocycles. The van der Waals surface area contributed by atoms with E-state index in [2.05, 4.69) is 10.2 Å². The number of phenols is 1. The highest BCUT2D eigenvalue weighted by Gasteiger charge is 2.11. The van der Waals surface area contributed by atoms with Crippen molar-refractivity contribution >= 4 is 23.4 Å². The monoisotopic (exact) mass is 308 g/mol. The Balaban J connectivity index is 1.57. The number of aromatic hydroxyl groups is 1. The summed E-state index contributed by atoms with van der Waals surface area (Å²) in [5.74, 6) is 0.0386. The highest BCUT2D eigenvalue weighted by Crippen LogP contribution is 2.22. The molecule has 1 saturated heterocycles. The Morgan fingerprint density at radius 1 is 1.00 bits per heavy atom. The van der Waals surface area contributed by atoms with Crippen molar-refractivity contribution in [1.82, 2.24) is 0 Å². The Morgan fingerprint density at radius 3 is 2.30 bits per heavy atom. The lowest BCUT2D eigenvalue weighted by atomic mass is 10.2. The van der Waals surface area contributed by atoms with Gasteiger partial charge in [0.1, 0.15) is 5.75 Å². The van der Waals surface area contributed by atoms with Gasteiger partial charge >= 0.3 is 0 Å². The molecule has 2 aromatic rings. The first-order valence-corrected chi connectivity index (χ1v) is 7.84. The van der Waals surface area contributed by atoms with Crippen LogP contribution in [0.15, 0.2) is 54.6 Å². The molecule has 4 nitrogen and oxygen atoms in total. The number of hydrogen-bond donors (Lipinski definition) is 2. The highest BCUT2D eigenvalue weighted by atomic mass is 16.3. The van der Waals surface area contributed by atoms with Gasteiger partial charge in [-0.1, -0.05) is 12.1 Å². The zero-order valence-corrected chi connectivity index (χ0v) is 12.9. The molecular formula is C19H20N2O2. The second-order valence-electron chi connectivity index (χ2n) is 5.66. The molecule has 1 heterocycles. The second kappa shape index (κ2) is 7.01. The molecule has 1 aliphatic heterocycles. The molecule has 0 radical (unpaired) electrons. The van der Waals surface area contributed by atoms with Crippen LogP contribution in [0.5, 0.6) is 5.75 Å². The van der Waals surface area contributed by atoms with Gasteiger partial charge in [-0.15, -0.1) is 0 Å². The molecular weight excluding hydrogens is 288 g/mol. The molecule has 0 spiro atoms. The van der Waals surface area contributed by atoms with Crippen LogP contribution in [0, 0.1) is 0 Å². The van der Waals surface area contributed by atoms with E-state index in [0.717, 1.165) is 24.3 Å². The van der Waals surface area contributed by atoms with Crippen LogP contribution in [0.4, 0.5) is 11.4 Å². The molecule has 0 aliphatic carbocycles. The Morgan fingerprint density at radius 2 is 1.65 bits per heavy atom. The largest absolute Gasteiger partial charge is 0.508 e. The molecule has 0 unspecified atom stereocenters. The first-order valence-electron chi connectivity index (χ1n) is 7.84. The van der Waals surface area contributed by atoms with Gasteiger partial charge in [-0.2, -0.15) is 0 Å². The fraction of sp³-hybridized carbons (Fsp3) is 0.211. The lowest BCUT2D eigenvalue weighted by molar-refractivity contribution is -0.111. The molecule has 0 saturated carbocycles. The van der Waals surface area contributed by atoms with Crippen molar-refractivity contribution < 1.29 is 9.90 Å². The van der Waals surface area contributed by atoms with Crippen LogP contribution in [0.3, 0.4) is 0 Å². The number of benzene rings is 2. The SMILES string of the molecule is O=C(/C=C/c1ccc(O)cc1)Nc1ccc(N2CCCC2)cc1. The summed E-state index contributed by atoms with van der Waals surface area (Å²) in [5, 5.41) is 12.1. The summed E-state index contributed by atoms with van der Waals surface area (Å²) in [7, 11) is 0. The van der Waals surface area contributed by atoms with Crippen molar-refractivity contribution in [3.05, 3.63) is 60.2 Å². The summed E-state index contributed by atoms with van der Waals surface area (Å²) in [6.07, 6.45) is 5.70. The van der Waals surface area contributed by atoms with Crippen LogP contribution in [-0.2, 0) is 4.79 Å². The topological polar surface area (TPSA) is 52.6 Å². The molecule has 23 heavy (non-hydrogen) atoms. The molecule has 2 N–H and O–H groups in total. The summed E-state index contributed by atoms with van der Waals surface area (Å²) >= 11 is 0. The first-order chi connectivity index (χ1) is 11.2. The van der Waals surface area contributed by atoms with E-state index < -0.39 is 0 Å². The Labute approximate surface area is 136 Å². The van der Waals surface area contributed by atoms with Crippen LogP contribution < -0.4 is 10.2 Å². The Hall–Kier alpha value is -2.75. The second-order valence-corrected chi connectivity index (χ2v) is 5.66. The molecule has 1 fully saturated rings. The van der Waals surface area contributed by atoms with Crippen molar-refractivity contribution in [2.45, 2.75) is 12.8 Å². The summed E-state index contributed by atoms with van der Waals surface area (Å²) in [6.45, 7) is 2.22. The maximum absolute atomic E-state index is 11.9. The predicted octanol–water partition coefficient (Wildman–Crippen LogP) is 3.64. The van der Waals surface area contributed by atoms with E-state index in [1.807, 2.05) is 24.3 Å². The van der Waals surface area contributed by atoms with Crippen molar-refractivity contribution in [1.29, 1.82) is 0 Å². The molecule has 0 aromatic heterocycles. The summed E-state index contributed by atoms with van der Waals surface area (Å²) in [6, 6.07) is 14.6. The Kier molecular flexibility index (Phi) is 4.62. The number of rotatable bonds is 4. The van der Waals surface area contributed by atoms with Gasteiger partial charge in [0, 0.05) is 30.5 Å². The van der Waals surface area contributed by atoms with Gasteiger partial charge in [-0.25, -0.2) is 0 Å². The number of carbonyl (C=O) groups excluding carboxylic acids is 1. The summed E-state index contributed by atoms with van der Waals surface area (Å²) in [5.41, 5.74) is 2.86. The zero-order chi connectivity index (χ0) is 16.1. The van der Waals surface area contributed by atoms with Crippen molar-refractivity contribution in [2.24, 2.45) is 0 Å². The number of nitrogens with one attached hydrogen (secondary N) is 1. The van der Waals surface area contributed by atoms with E-state index in [0.29, 0.717) is 0 Å². The third kappa shape index (κ3) is 4.13. The quantitative estimate of drug-likeness (QED) is 0.848. The fourth-order valence-electron chi connectivity index (χ4n) is 2.67. The van der Waals surface area contributed by atoms with Gasteiger partial charge in [0.15, 0.2) is 0 Å². The minimum atomic E-state index is -0.174. The molecule has 0 atom stereocenters. The van der Waals surface area contributed by atoms with Crippen LogP contribution in [-0.4, -0.2) is 24.1 Å². The van der Waals surface area contributed by atoms with Gasteiger partial charge in [0.25, 0.3) is 0 Å². The third-order valence-electron chi connectivity index (χ3n) is 3.93. The molecule has 1 aliphatic rings. The van der Waals surface area contributed by atoms with E-state index in [9.17, 15) is 9.90 Å². The normalized spacial score (nSPS) is 14.3. The average Bonchev–Trinajstić information content (AvgIpc) is 3.09. The number of anilines is 2. The van der Waals surface area contributed by atoms with Gasteiger partial charge in [0.05, 0.1) is 0 Å². The van der Waals surface area contributed by atoms with Gasteiger partial charge in [-0.3, -0.25) is 4.79 Å². The summed E-state index contributed by atoms with van der Waals surface area (Å²) < 4.78 is 0. The van der Waals surface area contributed by atoms with Gasteiger partial charge in [-0.05, 0) is 60.9 Å². The van der Waals surface area contributed by atoms with E-state index in [4.69, 9.17) is 0 Å². The van der Waals surface area contributed by atoms with E-state index in [1.54, 1.807) is 30.3 Å².